The molecule has 2 fully saturated rings. The van der Waals surface area contributed by atoms with Crippen molar-refractivity contribution in [3.63, 3.8) is 0 Å². The largest absolute Gasteiger partial charge is 0.446 e. The van der Waals surface area contributed by atoms with E-state index in [0.717, 1.165) is 24.8 Å². The number of carbonyl (C=O) groups is 2. The fourth-order valence-electron chi connectivity index (χ4n) is 6.25. The Labute approximate surface area is 197 Å². The van der Waals surface area contributed by atoms with Crippen LogP contribution in [0.25, 0.3) is 0 Å². The van der Waals surface area contributed by atoms with Gasteiger partial charge in [0.15, 0.2) is 0 Å². The number of hydrogen-bond acceptors (Lipinski definition) is 5. The minimum atomic E-state index is -0.630. The van der Waals surface area contributed by atoms with Crippen LogP contribution >= 0.6 is 0 Å². The van der Waals surface area contributed by atoms with Crippen LogP contribution in [0.1, 0.15) is 64.9 Å². The van der Waals surface area contributed by atoms with E-state index >= 15 is 0 Å². The van der Waals surface area contributed by atoms with Crippen molar-refractivity contribution in [3.8, 4) is 0 Å². The Hall–Kier alpha value is -2.12. The first kappa shape index (κ1) is 25.5. The molecule has 2 aliphatic carbocycles. The number of nitrogens with one attached hydrogen (secondary N) is 2. The number of ether oxygens (including phenoxy) is 1. The summed E-state index contributed by atoms with van der Waals surface area (Å²) in [5, 5.41) is 27.1. The van der Waals surface area contributed by atoms with Gasteiger partial charge in [-0.3, -0.25) is 4.79 Å². The molecule has 1 aromatic rings. The molecule has 6 unspecified atom stereocenters. The van der Waals surface area contributed by atoms with Gasteiger partial charge in [0, 0.05) is 24.9 Å². The first-order valence-corrected chi connectivity index (χ1v) is 12.3. The van der Waals surface area contributed by atoms with Crippen LogP contribution in [0.2, 0.25) is 0 Å². The van der Waals surface area contributed by atoms with Crippen LogP contribution in [0.5, 0.6) is 0 Å². The standard InChI is InChI=1S/C26H40N2O5/c1-4-14-27-24(32)33-22-12-13-25(2)19(20(30)10-11-21(25)26(22,3)17-29)15-23(31)28-16-18-8-6-5-7-9-18/h5-9,19-22,29-30H,4,10-17H2,1-3H3,(H,27,32)(H,28,31). The van der Waals surface area contributed by atoms with E-state index in [1.54, 1.807) is 0 Å². The van der Waals surface area contributed by atoms with Crippen molar-refractivity contribution in [3.05, 3.63) is 35.9 Å². The molecule has 0 heterocycles. The molecular formula is C26H40N2O5. The molecule has 7 heteroatoms. The van der Waals surface area contributed by atoms with E-state index in [-0.39, 0.29) is 36.2 Å². The lowest BCUT2D eigenvalue weighted by Crippen LogP contribution is -2.61. The molecule has 0 spiro atoms. The maximum absolute atomic E-state index is 12.8. The summed E-state index contributed by atoms with van der Waals surface area (Å²) in [4.78, 5) is 25.1. The topological polar surface area (TPSA) is 108 Å². The molecule has 184 valence electrons. The number of hydrogen-bond donors (Lipinski definition) is 4. The molecule has 33 heavy (non-hydrogen) atoms. The van der Waals surface area contributed by atoms with Gasteiger partial charge >= 0.3 is 6.09 Å². The minimum Gasteiger partial charge on any atom is -0.446 e. The van der Waals surface area contributed by atoms with Crippen molar-refractivity contribution < 1.29 is 24.5 Å². The van der Waals surface area contributed by atoms with E-state index in [9.17, 15) is 19.8 Å². The lowest BCUT2D eigenvalue weighted by Gasteiger charge is -2.60. The second-order valence-electron chi connectivity index (χ2n) is 10.3. The molecule has 2 amide bonds. The second-order valence-corrected chi connectivity index (χ2v) is 10.3. The third kappa shape index (κ3) is 5.52. The lowest BCUT2D eigenvalue weighted by molar-refractivity contribution is -0.186. The van der Waals surface area contributed by atoms with E-state index in [1.807, 2.05) is 44.2 Å². The Morgan fingerprint density at radius 2 is 1.85 bits per heavy atom. The maximum atomic E-state index is 12.8. The van der Waals surface area contributed by atoms with Crippen molar-refractivity contribution in [2.45, 2.75) is 78.0 Å². The van der Waals surface area contributed by atoms with Crippen molar-refractivity contribution in [2.75, 3.05) is 13.2 Å². The fraction of sp³-hybridized carbons (Fsp3) is 0.692. The van der Waals surface area contributed by atoms with E-state index in [1.165, 1.54) is 0 Å². The van der Waals surface area contributed by atoms with Crippen LogP contribution in [-0.2, 0) is 16.1 Å². The summed E-state index contributed by atoms with van der Waals surface area (Å²) < 4.78 is 5.77. The fourth-order valence-corrected chi connectivity index (χ4v) is 6.25. The maximum Gasteiger partial charge on any atom is 0.407 e. The number of fused-ring (bicyclic) bond motifs is 1. The Morgan fingerprint density at radius 1 is 1.12 bits per heavy atom. The summed E-state index contributed by atoms with van der Waals surface area (Å²) in [7, 11) is 0. The average molecular weight is 461 g/mol. The molecule has 0 bridgehead atoms. The smallest absolute Gasteiger partial charge is 0.407 e. The van der Waals surface area contributed by atoms with Crippen LogP contribution in [0.4, 0.5) is 4.79 Å². The molecule has 0 aromatic heterocycles. The Bertz CT molecular complexity index is 803. The molecule has 6 atom stereocenters. The second kappa shape index (κ2) is 10.9. The van der Waals surface area contributed by atoms with Gasteiger partial charge in [-0.1, -0.05) is 51.1 Å². The van der Waals surface area contributed by atoms with Gasteiger partial charge in [-0.25, -0.2) is 4.79 Å². The van der Waals surface area contributed by atoms with Gasteiger partial charge in [0.25, 0.3) is 0 Å². The van der Waals surface area contributed by atoms with Crippen LogP contribution in [0, 0.1) is 22.7 Å². The molecule has 0 aliphatic heterocycles. The first-order chi connectivity index (χ1) is 15.7. The van der Waals surface area contributed by atoms with Gasteiger partial charge < -0.3 is 25.6 Å². The predicted molar refractivity (Wildman–Crippen MR) is 126 cm³/mol. The number of aliphatic hydroxyl groups is 2. The van der Waals surface area contributed by atoms with Gasteiger partial charge in [0.2, 0.25) is 5.91 Å². The highest BCUT2D eigenvalue weighted by molar-refractivity contribution is 5.76. The van der Waals surface area contributed by atoms with Crippen LogP contribution in [-0.4, -0.2) is 47.6 Å². The number of aliphatic hydroxyl groups excluding tert-OH is 2. The summed E-state index contributed by atoms with van der Waals surface area (Å²) in [5.74, 6) is -0.261. The number of carbonyl (C=O) groups excluding carboxylic acids is 2. The van der Waals surface area contributed by atoms with Crippen molar-refractivity contribution >= 4 is 12.0 Å². The van der Waals surface area contributed by atoms with E-state index in [2.05, 4.69) is 17.6 Å². The van der Waals surface area contributed by atoms with Crippen LogP contribution in [0.15, 0.2) is 30.3 Å². The normalized spacial score (nSPS) is 33.6. The predicted octanol–water partition coefficient (Wildman–Crippen LogP) is 3.38. The number of alkyl carbamates (subject to hydrolysis) is 1. The quantitative estimate of drug-likeness (QED) is 0.476. The monoisotopic (exact) mass is 460 g/mol. The Balaban J connectivity index is 1.72. The summed E-state index contributed by atoms with van der Waals surface area (Å²) in [5.41, 5.74) is 0.0695. The van der Waals surface area contributed by atoms with Gasteiger partial charge in [-0.2, -0.15) is 0 Å². The number of benzene rings is 1. The Morgan fingerprint density at radius 3 is 2.52 bits per heavy atom. The summed E-state index contributed by atoms with van der Waals surface area (Å²) in [6.07, 6.45) is 2.27. The molecule has 7 nitrogen and oxygen atoms in total. The van der Waals surface area contributed by atoms with E-state index in [4.69, 9.17) is 4.74 Å². The van der Waals surface area contributed by atoms with E-state index < -0.39 is 23.7 Å². The third-order valence-electron chi connectivity index (χ3n) is 8.18. The number of rotatable bonds is 8. The molecule has 0 saturated heterocycles. The van der Waals surface area contributed by atoms with Gasteiger partial charge in [0.1, 0.15) is 6.10 Å². The highest BCUT2D eigenvalue weighted by Crippen LogP contribution is 2.61. The summed E-state index contributed by atoms with van der Waals surface area (Å²) >= 11 is 0. The SMILES string of the molecule is CCCNC(=O)OC1CCC2(C)C(CC(=O)NCc3ccccc3)C(O)CCC2C1(C)CO. The first-order valence-electron chi connectivity index (χ1n) is 12.3. The zero-order valence-electron chi connectivity index (χ0n) is 20.2. The van der Waals surface area contributed by atoms with Crippen molar-refractivity contribution in [1.29, 1.82) is 0 Å². The average Bonchev–Trinajstić information content (AvgIpc) is 2.81. The molecule has 2 aliphatic rings. The third-order valence-corrected chi connectivity index (χ3v) is 8.18. The number of amides is 2. The summed E-state index contributed by atoms with van der Waals surface area (Å²) in [6, 6.07) is 9.76. The van der Waals surface area contributed by atoms with Gasteiger partial charge in [0.05, 0.1) is 12.7 Å². The van der Waals surface area contributed by atoms with Crippen molar-refractivity contribution in [2.24, 2.45) is 22.7 Å². The molecular weight excluding hydrogens is 420 g/mol. The molecule has 3 rings (SSSR count). The zero-order chi connectivity index (χ0) is 24.1. The lowest BCUT2D eigenvalue weighted by atomic mass is 9.46. The molecule has 4 N–H and O–H groups in total. The highest BCUT2D eigenvalue weighted by atomic mass is 16.6. The highest BCUT2D eigenvalue weighted by Gasteiger charge is 2.60. The van der Waals surface area contributed by atoms with Gasteiger partial charge in [-0.15, -0.1) is 0 Å². The van der Waals surface area contributed by atoms with Crippen molar-refractivity contribution in [1.82, 2.24) is 10.6 Å². The Kier molecular flexibility index (Phi) is 8.40. The minimum absolute atomic E-state index is 0.0306. The van der Waals surface area contributed by atoms with E-state index in [0.29, 0.717) is 25.9 Å². The molecule has 2 saturated carbocycles. The zero-order valence-corrected chi connectivity index (χ0v) is 20.2. The van der Waals surface area contributed by atoms with Crippen LogP contribution < -0.4 is 10.6 Å². The molecule has 0 radical (unpaired) electrons. The van der Waals surface area contributed by atoms with Gasteiger partial charge in [-0.05, 0) is 54.9 Å². The molecule has 1 aromatic carbocycles. The van der Waals surface area contributed by atoms with Crippen LogP contribution in [0.3, 0.4) is 0 Å². The summed E-state index contributed by atoms with van der Waals surface area (Å²) in [6.45, 7) is 7.00.